The van der Waals surface area contributed by atoms with Gasteiger partial charge in [0.15, 0.2) is 0 Å². The number of hydrogen-bond acceptors (Lipinski definition) is 4. The Morgan fingerprint density at radius 2 is 1.88 bits per heavy atom. The molecule has 120 valence electrons. The number of nitriles is 1. The summed E-state index contributed by atoms with van der Waals surface area (Å²) in [5, 5.41) is 9.74. The van der Waals surface area contributed by atoms with Gasteiger partial charge in [-0.3, -0.25) is 0 Å². The number of nitrogens with zero attached hydrogens (tertiary/aromatic N) is 1. The summed E-state index contributed by atoms with van der Waals surface area (Å²) in [6.07, 6.45) is 3.16. The largest absolute Gasteiger partial charge is 0.488 e. The molecule has 24 heavy (non-hydrogen) atoms. The van der Waals surface area contributed by atoms with Crippen molar-refractivity contribution in [3.8, 4) is 11.8 Å². The molecule has 2 aromatic rings. The van der Waals surface area contributed by atoms with Crippen LogP contribution in [0.4, 0.5) is 0 Å². The topological polar surface area (TPSA) is 67.2 Å². The molecule has 0 N–H and O–H groups in total. The van der Waals surface area contributed by atoms with E-state index in [9.17, 15) is 13.7 Å². The van der Waals surface area contributed by atoms with Gasteiger partial charge in [-0.2, -0.15) is 5.26 Å². The quantitative estimate of drug-likeness (QED) is 0.779. The van der Waals surface area contributed by atoms with Gasteiger partial charge in [0.05, 0.1) is 4.90 Å². The number of fused-ring (bicyclic) bond motifs is 1. The van der Waals surface area contributed by atoms with Crippen LogP contribution in [0.5, 0.6) is 5.75 Å². The van der Waals surface area contributed by atoms with Gasteiger partial charge in [0.1, 0.15) is 23.3 Å². The van der Waals surface area contributed by atoms with Crippen molar-refractivity contribution in [1.82, 2.24) is 0 Å². The van der Waals surface area contributed by atoms with Crippen LogP contribution >= 0.6 is 11.6 Å². The molecular formula is C18H12ClNO3S. The number of ether oxygens (including phenoxy) is 1. The predicted octanol–water partition coefficient (Wildman–Crippen LogP) is 4.00. The Kier molecular flexibility index (Phi) is 4.43. The van der Waals surface area contributed by atoms with Gasteiger partial charge in [0, 0.05) is 10.6 Å². The zero-order chi connectivity index (χ0) is 17.2. The van der Waals surface area contributed by atoms with Gasteiger partial charge in [-0.1, -0.05) is 29.8 Å². The third-order valence-corrected chi connectivity index (χ3v) is 5.43. The molecule has 6 heteroatoms. The van der Waals surface area contributed by atoms with Gasteiger partial charge in [-0.15, -0.1) is 0 Å². The highest BCUT2D eigenvalue weighted by Gasteiger charge is 2.22. The molecular weight excluding hydrogens is 346 g/mol. The van der Waals surface area contributed by atoms with Crippen LogP contribution in [0.15, 0.2) is 70.0 Å². The van der Waals surface area contributed by atoms with Gasteiger partial charge in [0.2, 0.25) is 9.84 Å². The average Bonchev–Trinajstić information content (AvgIpc) is 2.59. The first-order chi connectivity index (χ1) is 11.5. The summed E-state index contributed by atoms with van der Waals surface area (Å²) in [4.78, 5) is -0.309. The van der Waals surface area contributed by atoms with Crippen LogP contribution in [0.1, 0.15) is 5.56 Å². The van der Waals surface area contributed by atoms with Gasteiger partial charge in [-0.25, -0.2) is 8.42 Å². The molecule has 2 aromatic carbocycles. The average molecular weight is 358 g/mol. The molecule has 0 saturated carbocycles. The van der Waals surface area contributed by atoms with Crippen LogP contribution in [0.3, 0.4) is 0 Å². The number of allylic oxidation sites excluding steroid dienone is 1. The van der Waals surface area contributed by atoms with E-state index in [1.807, 2.05) is 30.3 Å². The minimum atomic E-state index is -3.90. The van der Waals surface area contributed by atoms with Crippen molar-refractivity contribution in [2.24, 2.45) is 0 Å². The molecule has 4 nitrogen and oxygen atoms in total. The number of rotatable bonds is 3. The lowest BCUT2D eigenvalue weighted by Gasteiger charge is -2.16. The minimum absolute atomic E-state index is 0.0254. The first-order valence-corrected chi connectivity index (χ1v) is 8.92. The van der Waals surface area contributed by atoms with Crippen molar-refractivity contribution in [3.63, 3.8) is 0 Å². The highest BCUT2D eigenvalue weighted by Crippen LogP contribution is 2.28. The van der Waals surface area contributed by atoms with Crippen molar-refractivity contribution in [3.05, 3.63) is 75.7 Å². The van der Waals surface area contributed by atoms with Crippen molar-refractivity contribution in [1.29, 1.82) is 5.26 Å². The fraction of sp³-hybridized carbons (Fsp3) is 0.0556. The molecule has 0 aliphatic carbocycles. The van der Waals surface area contributed by atoms with Crippen LogP contribution in [-0.2, 0) is 9.84 Å². The zero-order valence-corrected chi connectivity index (χ0v) is 14.0. The Labute approximate surface area is 145 Å². The number of sulfone groups is 1. The van der Waals surface area contributed by atoms with Crippen molar-refractivity contribution in [2.75, 3.05) is 6.61 Å². The molecule has 1 aliphatic heterocycles. The third kappa shape index (κ3) is 3.21. The third-order valence-electron chi connectivity index (χ3n) is 3.49. The second-order valence-electron chi connectivity index (χ2n) is 5.12. The molecule has 0 fully saturated rings. The molecule has 0 radical (unpaired) electrons. The van der Waals surface area contributed by atoms with E-state index in [2.05, 4.69) is 0 Å². The van der Waals surface area contributed by atoms with Gasteiger partial charge in [0.25, 0.3) is 0 Å². The smallest absolute Gasteiger partial charge is 0.216 e. The summed E-state index contributed by atoms with van der Waals surface area (Å²) in [5.41, 5.74) is 1.46. The molecule has 0 saturated heterocycles. The fourth-order valence-corrected chi connectivity index (χ4v) is 3.60. The Bertz CT molecular complexity index is 984. The second-order valence-corrected chi connectivity index (χ2v) is 7.48. The van der Waals surface area contributed by atoms with Crippen LogP contribution in [0.2, 0.25) is 5.02 Å². The van der Waals surface area contributed by atoms with Crippen molar-refractivity contribution < 1.29 is 13.2 Å². The molecule has 0 atom stereocenters. The van der Waals surface area contributed by atoms with Crippen molar-refractivity contribution >= 4 is 27.5 Å². The molecule has 3 rings (SSSR count). The maximum atomic E-state index is 12.6. The van der Waals surface area contributed by atoms with Gasteiger partial charge >= 0.3 is 0 Å². The molecule has 0 spiro atoms. The SMILES string of the molecule is N#C/C(=C\C1=Cc2ccccc2OC1)S(=O)(=O)c1ccc(Cl)cc1. The summed E-state index contributed by atoms with van der Waals surface area (Å²) in [6.45, 7) is 0.207. The summed E-state index contributed by atoms with van der Waals surface area (Å²) in [7, 11) is -3.90. The molecule has 0 amide bonds. The Balaban J connectivity index is 2.00. The number of halogens is 1. The maximum Gasteiger partial charge on any atom is 0.216 e. The normalized spacial score (nSPS) is 14.2. The van der Waals surface area contributed by atoms with Crippen LogP contribution in [0, 0.1) is 11.3 Å². The Morgan fingerprint density at radius 3 is 2.58 bits per heavy atom. The first-order valence-electron chi connectivity index (χ1n) is 7.05. The summed E-state index contributed by atoms with van der Waals surface area (Å²) in [6, 6.07) is 14.9. The van der Waals surface area contributed by atoms with Crippen molar-refractivity contribution in [2.45, 2.75) is 4.90 Å². The second kappa shape index (κ2) is 6.52. The molecule has 0 aromatic heterocycles. The Morgan fingerprint density at radius 1 is 1.17 bits per heavy atom. The van der Waals surface area contributed by atoms with E-state index in [0.29, 0.717) is 10.6 Å². The van der Waals surface area contributed by atoms with E-state index in [1.165, 1.54) is 30.3 Å². The van der Waals surface area contributed by atoms with Gasteiger partial charge < -0.3 is 4.74 Å². The monoisotopic (exact) mass is 357 g/mol. The Hall–Kier alpha value is -2.55. The fourth-order valence-electron chi connectivity index (χ4n) is 2.30. The summed E-state index contributed by atoms with van der Waals surface area (Å²) < 4.78 is 30.8. The van der Waals surface area contributed by atoms with Gasteiger partial charge in [-0.05, 0) is 48.1 Å². The lowest BCUT2D eigenvalue weighted by molar-refractivity contribution is 0.351. The summed E-state index contributed by atoms with van der Waals surface area (Å²) >= 11 is 5.78. The van der Waals surface area contributed by atoms with E-state index >= 15 is 0 Å². The predicted molar refractivity (Wildman–Crippen MR) is 92.2 cm³/mol. The van der Waals surface area contributed by atoms with E-state index < -0.39 is 9.84 Å². The summed E-state index contributed by atoms with van der Waals surface area (Å²) in [5.74, 6) is 0.730. The minimum Gasteiger partial charge on any atom is -0.488 e. The zero-order valence-electron chi connectivity index (χ0n) is 12.4. The highest BCUT2D eigenvalue weighted by atomic mass is 35.5. The van der Waals surface area contributed by atoms with E-state index in [0.717, 1.165) is 11.3 Å². The molecule has 0 unspecified atom stereocenters. The first kappa shape index (κ1) is 16.3. The lowest BCUT2D eigenvalue weighted by atomic mass is 10.1. The van der Waals surface area contributed by atoms with Crippen LogP contribution in [0.25, 0.3) is 6.08 Å². The number of para-hydroxylation sites is 1. The van der Waals surface area contributed by atoms with Crippen LogP contribution < -0.4 is 4.74 Å². The highest BCUT2D eigenvalue weighted by molar-refractivity contribution is 7.95. The maximum absolute atomic E-state index is 12.6. The van der Waals surface area contributed by atoms with E-state index in [1.54, 1.807) is 6.07 Å². The molecule has 1 aliphatic rings. The number of benzene rings is 2. The lowest BCUT2D eigenvalue weighted by Crippen LogP contribution is -2.09. The van der Waals surface area contributed by atoms with Crippen LogP contribution in [-0.4, -0.2) is 15.0 Å². The molecule has 0 bridgehead atoms. The van der Waals surface area contributed by atoms with E-state index in [-0.39, 0.29) is 16.4 Å². The van der Waals surface area contributed by atoms with E-state index in [4.69, 9.17) is 16.3 Å². The standard InChI is InChI=1S/C18H12ClNO3S/c19-15-5-7-16(8-6-15)24(21,22)17(11-20)10-13-9-14-3-1-2-4-18(14)23-12-13/h1-10H,12H2/b17-10+. The molecule has 1 heterocycles. The number of hydrogen-bond donors (Lipinski definition) is 0.